The van der Waals surface area contributed by atoms with Crippen LogP contribution in [0.25, 0.3) is 0 Å². The van der Waals surface area contributed by atoms with Gasteiger partial charge in [0.15, 0.2) is 0 Å². The lowest BCUT2D eigenvalue weighted by Crippen LogP contribution is -1.95. The van der Waals surface area contributed by atoms with Gasteiger partial charge in [0, 0.05) is 28.2 Å². The predicted octanol–water partition coefficient (Wildman–Crippen LogP) is 3.26. The van der Waals surface area contributed by atoms with Crippen molar-refractivity contribution in [2.45, 2.75) is 19.8 Å². The summed E-state index contributed by atoms with van der Waals surface area (Å²) in [5, 5.41) is 8.79. The Morgan fingerprint density at radius 2 is 2.07 bits per heavy atom. The van der Waals surface area contributed by atoms with Gasteiger partial charge in [0.05, 0.1) is 11.6 Å². The lowest BCUT2D eigenvalue weighted by molar-refractivity contribution is 0.110. The van der Waals surface area contributed by atoms with Gasteiger partial charge in [-0.25, -0.2) is 0 Å². The molecule has 1 aromatic rings. The molecule has 0 aliphatic heterocycles. The molecular formula is C11H10INO. The molecule has 1 aromatic carbocycles. The van der Waals surface area contributed by atoms with Crippen LogP contribution in [0.15, 0.2) is 18.2 Å². The highest BCUT2D eigenvalue weighted by molar-refractivity contribution is 14.1. The molecule has 0 saturated heterocycles. The van der Waals surface area contributed by atoms with E-state index in [0.29, 0.717) is 17.0 Å². The summed E-state index contributed by atoms with van der Waals surface area (Å²) in [5.74, 6) is 0.331. The van der Waals surface area contributed by atoms with Crippen LogP contribution in [-0.4, -0.2) is 3.79 Å². The first kappa shape index (κ1) is 11.2. The summed E-state index contributed by atoms with van der Waals surface area (Å²) in [6.45, 7) is 4.08. The number of carbonyl (C=O) groups is 1. The fourth-order valence-corrected chi connectivity index (χ4v) is 1.47. The Morgan fingerprint density at radius 3 is 2.50 bits per heavy atom. The monoisotopic (exact) mass is 299 g/mol. The van der Waals surface area contributed by atoms with Crippen molar-refractivity contribution in [1.29, 1.82) is 5.26 Å². The maximum absolute atomic E-state index is 11.2. The number of nitriles is 1. The van der Waals surface area contributed by atoms with E-state index < -0.39 is 0 Å². The van der Waals surface area contributed by atoms with Crippen molar-refractivity contribution in [1.82, 2.24) is 0 Å². The maximum atomic E-state index is 11.2. The third-order valence-electron chi connectivity index (χ3n) is 1.98. The highest BCUT2D eigenvalue weighted by Crippen LogP contribution is 2.19. The van der Waals surface area contributed by atoms with E-state index >= 15 is 0 Å². The third kappa shape index (κ3) is 2.55. The topological polar surface area (TPSA) is 40.9 Å². The van der Waals surface area contributed by atoms with E-state index in [-0.39, 0.29) is 3.79 Å². The molecule has 1 rings (SSSR count). The first-order valence-corrected chi connectivity index (χ1v) is 5.37. The zero-order chi connectivity index (χ0) is 10.7. The number of benzene rings is 1. The van der Waals surface area contributed by atoms with Gasteiger partial charge in [-0.3, -0.25) is 4.79 Å². The second-order valence-corrected chi connectivity index (χ2v) is 4.36. The summed E-state index contributed by atoms with van der Waals surface area (Å²) in [7, 11) is 0. The Kier molecular flexibility index (Phi) is 3.64. The summed E-state index contributed by atoms with van der Waals surface area (Å²) >= 11 is 1.73. The number of nitrogens with zero attached hydrogens (tertiary/aromatic N) is 1. The molecule has 3 heteroatoms. The van der Waals surface area contributed by atoms with Crippen LogP contribution in [0.5, 0.6) is 0 Å². The number of halogens is 1. The van der Waals surface area contributed by atoms with Crippen LogP contribution < -0.4 is 0 Å². The standard InChI is InChI=1S/C11H10INO/c1-7(2)9-3-8(6-13)4-10(5-9)11(12)14/h3-5,7H,1-2H3. The zero-order valence-electron chi connectivity index (χ0n) is 8.04. The van der Waals surface area contributed by atoms with Crippen molar-refractivity contribution < 1.29 is 4.79 Å². The molecule has 0 spiro atoms. The normalized spacial score (nSPS) is 9.93. The fourth-order valence-electron chi connectivity index (χ4n) is 1.16. The van der Waals surface area contributed by atoms with E-state index in [1.54, 1.807) is 28.7 Å². The van der Waals surface area contributed by atoms with Crippen LogP contribution in [0.3, 0.4) is 0 Å². The second-order valence-electron chi connectivity index (χ2n) is 3.38. The van der Waals surface area contributed by atoms with E-state index in [2.05, 4.69) is 6.07 Å². The predicted molar refractivity (Wildman–Crippen MR) is 63.6 cm³/mol. The molecule has 72 valence electrons. The Hall–Kier alpha value is -0.890. The lowest BCUT2D eigenvalue weighted by Gasteiger charge is -2.06. The molecule has 2 nitrogen and oxygen atoms in total. The number of hydrogen-bond donors (Lipinski definition) is 0. The van der Waals surface area contributed by atoms with Crippen LogP contribution in [0.4, 0.5) is 0 Å². The van der Waals surface area contributed by atoms with Gasteiger partial charge in [0.1, 0.15) is 0 Å². The van der Waals surface area contributed by atoms with Gasteiger partial charge < -0.3 is 0 Å². The highest BCUT2D eigenvalue weighted by atomic mass is 127. The van der Waals surface area contributed by atoms with Crippen LogP contribution in [0.2, 0.25) is 0 Å². The van der Waals surface area contributed by atoms with Gasteiger partial charge in [-0.1, -0.05) is 13.8 Å². The van der Waals surface area contributed by atoms with Crippen LogP contribution in [0, 0.1) is 11.3 Å². The summed E-state index contributed by atoms with van der Waals surface area (Å²) in [5.41, 5.74) is 2.19. The van der Waals surface area contributed by atoms with Crippen LogP contribution in [-0.2, 0) is 0 Å². The number of hydrogen-bond acceptors (Lipinski definition) is 2. The first-order chi connectivity index (χ1) is 6.54. The van der Waals surface area contributed by atoms with E-state index in [4.69, 9.17) is 5.26 Å². The van der Waals surface area contributed by atoms with E-state index in [1.165, 1.54) is 0 Å². The van der Waals surface area contributed by atoms with Crippen molar-refractivity contribution in [3.63, 3.8) is 0 Å². The average molecular weight is 299 g/mol. The van der Waals surface area contributed by atoms with E-state index in [9.17, 15) is 4.79 Å². The van der Waals surface area contributed by atoms with Gasteiger partial charge in [-0.15, -0.1) is 0 Å². The van der Waals surface area contributed by atoms with Crippen molar-refractivity contribution in [3.05, 3.63) is 34.9 Å². The molecule has 0 N–H and O–H groups in total. The van der Waals surface area contributed by atoms with Crippen LogP contribution >= 0.6 is 22.6 Å². The molecule has 14 heavy (non-hydrogen) atoms. The second kappa shape index (κ2) is 4.56. The first-order valence-electron chi connectivity index (χ1n) is 4.29. The molecule has 0 heterocycles. The quantitative estimate of drug-likeness (QED) is 0.621. The maximum Gasteiger partial charge on any atom is 0.222 e. The average Bonchev–Trinajstić information content (AvgIpc) is 2.16. The highest BCUT2D eigenvalue weighted by Gasteiger charge is 2.07. The van der Waals surface area contributed by atoms with Crippen molar-refractivity contribution in [2.75, 3.05) is 0 Å². The molecule has 0 unspecified atom stereocenters. The van der Waals surface area contributed by atoms with Crippen molar-refractivity contribution in [3.8, 4) is 6.07 Å². The SMILES string of the molecule is CC(C)c1cc(C#N)cc(C(=O)I)c1. The molecule has 0 radical (unpaired) electrons. The molecular weight excluding hydrogens is 289 g/mol. The smallest absolute Gasteiger partial charge is 0.222 e. The Bertz CT molecular complexity index is 404. The Morgan fingerprint density at radius 1 is 1.43 bits per heavy atom. The molecule has 0 atom stereocenters. The van der Waals surface area contributed by atoms with E-state index in [0.717, 1.165) is 5.56 Å². The summed E-state index contributed by atoms with van der Waals surface area (Å²) in [4.78, 5) is 11.2. The van der Waals surface area contributed by atoms with Gasteiger partial charge in [0.2, 0.25) is 3.79 Å². The molecule has 0 amide bonds. The molecule has 0 aliphatic carbocycles. The van der Waals surface area contributed by atoms with Gasteiger partial charge in [-0.05, 0) is 29.7 Å². The van der Waals surface area contributed by atoms with Crippen LogP contribution in [0.1, 0.15) is 41.3 Å². The van der Waals surface area contributed by atoms with Gasteiger partial charge in [-0.2, -0.15) is 5.26 Å². The molecule has 0 saturated carbocycles. The zero-order valence-corrected chi connectivity index (χ0v) is 10.2. The summed E-state index contributed by atoms with van der Waals surface area (Å²) in [6.07, 6.45) is 0. The lowest BCUT2D eigenvalue weighted by atomic mass is 9.98. The van der Waals surface area contributed by atoms with Crippen molar-refractivity contribution in [2.24, 2.45) is 0 Å². The van der Waals surface area contributed by atoms with Gasteiger partial charge >= 0.3 is 0 Å². The van der Waals surface area contributed by atoms with Crippen molar-refractivity contribution >= 4 is 26.4 Å². The minimum absolute atomic E-state index is 0.0263. The molecule has 0 aromatic heterocycles. The minimum atomic E-state index is -0.0263. The Labute approximate surface area is 97.1 Å². The minimum Gasteiger partial charge on any atom is -0.282 e. The third-order valence-corrected chi connectivity index (χ3v) is 2.60. The summed E-state index contributed by atoms with van der Waals surface area (Å²) in [6, 6.07) is 7.36. The number of rotatable bonds is 2. The summed E-state index contributed by atoms with van der Waals surface area (Å²) < 4.78 is -0.0263. The molecule has 0 aliphatic rings. The van der Waals surface area contributed by atoms with E-state index in [1.807, 2.05) is 26.0 Å². The van der Waals surface area contributed by atoms with Gasteiger partial charge in [0.25, 0.3) is 0 Å². The largest absolute Gasteiger partial charge is 0.282 e. The molecule has 0 fully saturated rings. The fraction of sp³-hybridized carbons (Fsp3) is 0.273. The molecule has 0 bridgehead atoms. The number of carbonyl (C=O) groups excluding carboxylic acids is 1. The Balaban J connectivity index is 3.29.